The SMILES string of the molecule is C=CCNS(=O)(=O)c1ccc(C(=O)Nc2nc(-c3ccc(OC)c(OC)c3)cs2)cc1. The zero-order valence-electron chi connectivity index (χ0n) is 16.9. The van der Waals surface area contributed by atoms with Gasteiger partial charge in [0.15, 0.2) is 16.6 Å². The Labute approximate surface area is 184 Å². The van der Waals surface area contributed by atoms with Crippen molar-refractivity contribution in [1.82, 2.24) is 9.71 Å². The Morgan fingerprint density at radius 3 is 2.48 bits per heavy atom. The van der Waals surface area contributed by atoms with Crippen LogP contribution >= 0.6 is 11.3 Å². The summed E-state index contributed by atoms with van der Waals surface area (Å²) in [6, 6.07) is 11.1. The highest BCUT2D eigenvalue weighted by Crippen LogP contribution is 2.33. The molecule has 2 N–H and O–H groups in total. The number of anilines is 1. The Kier molecular flexibility index (Phi) is 7.06. The molecule has 1 aromatic heterocycles. The molecule has 3 aromatic rings. The number of thiazole rings is 1. The van der Waals surface area contributed by atoms with E-state index in [1.165, 1.54) is 41.7 Å². The lowest BCUT2D eigenvalue weighted by Gasteiger charge is -2.08. The lowest BCUT2D eigenvalue weighted by atomic mass is 10.1. The van der Waals surface area contributed by atoms with Crippen molar-refractivity contribution in [3.05, 3.63) is 66.1 Å². The Morgan fingerprint density at radius 1 is 1.13 bits per heavy atom. The van der Waals surface area contributed by atoms with E-state index in [1.54, 1.807) is 26.4 Å². The van der Waals surface area contributed by atoms with Crippen LogP contribution in [0.25, 0.3) is 11.3 Å². The maximum absolute atomic E-state index is 12.5. The van der Waals surface area contributed by atoms with E-state index in [0.29, 0.717) is 27.9 Å². The van der Waals surface area contributed by atoms with Gasteiger partial charge in [-0.3, -0.25) is 10.1 Å². The average Bonchev–Trinajstić information content (AvgIpc) is 3.25. The molecular formula is C21H21N3O5S2. The molecule has 0 aliphatic carbocycles. The lowest BCUT2D eigenvalue weighted by molar-refractivity contribution is 0.102. The summed E-state index contributed by atoms with van der Waals surface area (Å²) in [5.74, 6) is 0.799. The molecule has 2 aromatic carbocycles. The van der Waals surface area contributed by atoms with Gasteiger partial charge in [0.1, 0.15) is 0 Å². The Balaban J connectivity index is 1.72. The van der Waals surface area contributed by atoms with Crippen molar-refractivity contribution in [2.45, 2.75) is 4.90 Å². The number of ether oxygens (including phenoxy) is 2. The van der Waals surface area contributed by atoms with Crippen molar-refractivity contribution in [3.63, 3.8) is 0 Å². The smallest absolute Gasteiger partial charge is 0.257 e. The first-order chi connectivity index (χ1) is 14.9. The summed E-state index contributed by atoms with van der Waals surface area (Å²) >= 11 is 1.28. The molecule has 0 spiro atoms. The van der Waals surface area contributed by atoms with Gasteiger partial charge >= 0.3 is 0 Å². The fourth-order valence-electron chi connectivity index (χ4n) is 2.67. The Morgan fingerprint density at radius 2 is 1.84 bits per heavy atom. The number of nitrogens with one attached hydrogen (secondary N) is 2. The number of rotatable bonds is 9. The summed E-state index contributed by atoms with van der Waals surface area (Å²) in [4.78, 5) is 17.0. The standard InChI is InChI=1S/C21H21N3O5S2/c1-4-11-22-31(26,27)16-8-5-14(6-9-16)20(25)24-21-23-17(13-30-21)15-7-10-18(28-2)19(12-15)29-3/h4-10,12-13,22H,1,11H2,2-3H3,(H,23,24,25). The van der Waals surface area contributed by atoms with E-state index in [0.717, 1.165) is 5.56 Å². The van der Waals surface area contributed by atoms with E-state index in [1.807, 2.05) is 11.4 Å². The molecule has 0 atom stereocenters. The maximum atomic E-state index is 12.5. The molecule has 8 nitrogen and oxygen atoms in total. The molecule has 3 rings (SSSR count). The van der Waals surface area contributed by atoms with Crippen LogP contribution in [0.2, 0.25) is 0 Å². The zero-order chi connectivity index (χ0) is 22.4. The average molecular weight is 460 g/mol. The number of hydrogen-bond acceptors (Lipinski definition) is 7. The van der Waals surface area contributed by atoms with E-state index in [-0.39, 0.29) is 11.4 Å². The molecule has 0 bridgehead atoms. The molecule has 162 valence electrons. The van der Waals surface area contributed by atoms with Crippen LogP contribution in [0.1, 0.15) is 10.4 Å². The quantitative estimate of drug-likeness (QED) is 0.474. The first kappa shape index (κ1) is 22.5. The predicted octanol–water partition coefficient (Wildman–Crippen LogP) is 3.54. The van der Waals surface area contributed by atoms with Crippen molar-refractivity contribution in [2.75, 3.05) is 26.1 Å². The summed E-state index contributed by atoms with van der Waals surface area (Å²) in [6.07, 6.45) is 1.45. The summed E-state index contributed by atoms with van der Waals surface area (Å²) in [6.45, 7) is 3.60. The molecule has 10 heteroatoms. The highest BCUT2D eigenvalue weighted by atomic mass is 32.2. The largest absolute Gasteiger partial charge is 0.493 e. The molecule has 1 heterocycles. The van der Waals surface area contributed by atoms with Gasteiger partial charge in [0.05, 0.1) is 24.8 Å². The number of carbonyl (C=O) groups excluding carboxylic acids is 1. The van der Waals surface area contributed by atoms with E-state index >= 15 is 0 Å². The van der Waals surface area contributed by atoms with E-state index in [9.17, 15) is 13.2 Å². The summed E-state index contributed by atoms with van der Waals surface area (Å²) in [7, 11) is -0.525. The van der Waals surface area contributed by atoms with Gasteiger partial charge in [0.25, 0.3) is 5.91 Å². The molecule has 0 radical (unpaired) electrons. The number of sulfonamides is 1. The van der Waals surface area contributed by atoms with Gasteiger partial charge in [-0.1, -0.05) is 6.08 Å². The van der Waals surface area contributed by atoms with Crippen LogP contribution in [0.4, 0.5) is 5.13 Å². The van der Waals surface area contributed by atoms with Gasteiger partial charge in [-0.05, 0) is 42.5 Å². The number of nitrogens with zero attached hydrogens (tertiary/aromatic N) is 1. The summed E-state index contributed by atoms with van der Waals surface area (Å²) in [5.41, 5.74) is 1.80. The normalized spacial score (nSPS) is 11.0. The monoisotopic (exact) mass is 459 g/mol. The van der Waals surface area contributed by atoms with Crippen LogP contribution in [-0.4, -0.2) is 40.1 Å². The van der Waals surface area contributed by atoms with Gasteiger partial charge < -0.3 is 9.47 Å². The number of aromatic nitrogens is 1. The molecule has 0 saturated carbocycles. The van der Waals surface area contributed by atoms with Crippen molar-refractivity contribution in [1.29, 1.82) is 0 Å². The van der Waals surface area contributed by atoms with Crippen LogP contribution in [0.15, 0.2) is 65.4 Å². The first-order valence-corrected chi connectivity index (χ1v) is 11.4. The number of carbonyl (C=O) groups is 1. The second kappa shape index (κ2) is 9.73. The van der Waals surface area contributed by atoms with Crippen LogP contribution in [0, 0.1) is 0 Å². The second-order valence-corrected chi connectivity index (χ2v) is 8.85. The Bertz CT molecular complexity index is 1190. The van der Waals surface area contributed by atoms with Gasteiger partial charge in [0.2, 0.25) is 10.0 Å². The molecule has 31 heavy (non-hydrogen) atoms. The summed E-state index contributed by atoms with van der Waals surface area (Å²) < 4.78 is 37.1. The zero-order valence-corrected chi connectivity index (χ0v) is 18.5. The molecule has 1 amide bonds. The topological polar surface area (TPSA) is 107 Å². The number of benzene rings is 2. The van der Waals surface area contributed by atoms with Crippen LogP contribution in [-0.2, 0) is 10.0 Å². The minimum atomic E-state index is -3.64. The molecule has 0 unspecified atom stereocenters. The number of methoxy groups -OCH3 is 2. The van der Waals surface area contributed by atoms with Crippen molar-refractivity contribution < 1.29 is 22.7 Å². The predicted molar refractivity (Wildman–Crippen MR) is 120 cm³/mol. The highest BCUT2D eigenvalue weighted by molar-refractivity contribution is 7.89. The molecule has 0 aliphatic heterocycles. The second-order valence-electron chi connectivity index (χ2n) is 6.23. The van der Waals surface area contributed by atoms with Gasteiger partial charge in [0, 0.05) is 23.1 Å². The highest BCUT2D eigenvalue weighted by Gasteiger charge is 2.15. The maximum Gasteiger partial charge on any atom is 0.257 e. The third-order valence-electron chi connectivity index (χ3n) is 4.25. The number of amides is 1. The number of hydrogen-bond donors (Lipinski definition) is 2. The third kappa shape index (κ3) is 5.29. The molecule has 0 fully saturated rings. The van der Waals surface area contributed by atoms with Gasteiger partial charge in [-0.2, -0.15) is 0 Å². The molecule has 0 aliphatic rings. The van der Waals surface area contributed by atoms with Crippen molar-refractivity contribution in [3.8, 4) is 22.8 Å². The van der Waals surface area contributed by atoms with Crippen molar-refractivity contribution in [2.24, 2.45) is 0 Å². The van der Waals surface area contributed by atoms with Crippen LogP contribution in [0.5, 0.6) is 11.5 Å². The molecule has 0 saturated heterocycles. The van der Waals surface area contributed by atoms with Gasteiger partial charge in [-0.25, -0.2) is 18.1 Å². The van der Waals surface area contributed by atoms with E-state index in [2.05, 4.69) is 21.6 Å². The van der Waals surface area contributed by atoms with Gasteiger partial charge in [-0.15, -0.1) is 17.9 Å². The minimum Gasteiger partial charge on any atom is -0.493 e. The Hall–Kier alpha value is -3.21. The minimum absolute atomic E-state index is 0.0656. The van der Waals surface area contributed by atoms with E-state index in [4.69, 9.17) is 9.47 Å². The lowest BCUT2D eigenvalue weighted by Crippen LogP contribution is -2.23. The van der Waals surface area contributed by atoms with Crippen molar-refractivity contribution >= 4 is 32.4 Å². The molecular weight excluding hydrogens is 438 g/mol. The fraction of sp³-hybridized carbons (Fsp3) is 0.143. The van der Waals surface area contributed by atoms with Crippen LogP contribution in [0.3, 0.4) is 0 Å². The fourth-order valence-corrected chi connectivity index (χ4v) is 4.38. The van der Waals surface area contributed by atoms with Crippen LogP contribution < -0.4 is 19.5 Å². The third-order valence-corrected chi connectivity index (χ3v) is 6.45. The van der Waals surface area contributed by atoms with E-state index < -0.39 is 15.9 Å². The summed E-state index contributed by atoms with van der Waals surface area (Å²) in [5, 5.41) is 4.96. The first-order valence-electron chi connectivity index (χ1n) is 9.08.